The lowest BCUT2D eigenvalue weighted by Gasteiger charge is -2.15. The standard InChI is InChI=1S/C18H21NO4/c1-12(19-11-14-4-2-3-5-16(14)20)8-13-6-7-17(21)15(9-13)10-18(22)23/h2-7,9,12,19-21H,8,10-11H2,1H3,(H,22,23). The van der Waals surface area contributed by atoms with Gasteiger partial charge in [0, 0.05) is 23.7 Å². The summed E-state index contributed by atoms with van der Waals surface area (Å²) in [5, 5.41) is 31.6. The quantitative estimate of drug-likeness (QED) is 0.630. The van der Waals surface area contributed by atoms with E-state index in [1.165, 1.54) is 6.07 Å². The monoisotopic (exact) mass is 315 g/mol. The smallest absolute Gasteiger partial charge is 0.307 e. The maximum atomic E-state index is 10.8. The van der Waals surface area contributed by atoms with Gasteiger partial charge in [0.25, 0.3) is 0 Å². The van der Waals surface area contributed by atoms with E-state index in [4.69, 9.17) is 5.11 Å². The number of rotatable bonds is 7. The zero-order chi connectivity index (χ0) is 16.8. The van der Waals surface area contributed by atoms with E-state index in [1.807, 2.05) is 19.1 Å². The Morgan fingerprint density at radius 1 is 1.09 bits per heavy atom. The van der Waals surface area contributed by atoms with Gasteiger partial charge in [-0.3, -0.25) is 4.79 Å². The van der Waals surface area contributed by atoms with Gasteiger partial charge in [-0.15, -0.1) is 0 Å². The molecule has 5 heteroatoms. The average Bonchev–Trinajstić information content (AvgIpc) is 2.49. The van der Waals surface area contributed by atoms with Crippen LogP contribution in [-0.2, 0) is 24.2 Å². The van der Waals surface area contributed by atoms with Crippen molar-refractivity contribution >= 4 is 5.97 Å². The molecule has 0 fully saturated rings. The van der Waals surface area contributed by atoms with Gasteiger partial charge >= 0.3 is 5.97 Å². The van der Waals surface area contributed by atoms with Crippen LogP contribution in [0.15, 0.2) is 42.5 Å². The number of para-hydroxylation sites is 1. The summed E-state index contributed by atoms with van der Waals surface area (Å²) in [6, 6.07) is 12.4. The van der Waals surface area contributed by atoms with E-state index < -0.39 is 5.97 Å². The van der Waals surface area contributed by atoms with Gasteiger partial charge in [-0.2, -0.15) is 0 Å². The topological polar surface area (TPSA) is 89.8 Å². The third-order valence-corrected chi connectivity index (χ3v) is 3.66. The fourth-order valence-corrected chi connectivity index (χ4v) is 2.44. The van der Waals surface area contributed by atoms with E-state index in [0.29, 0.717) is 18.5 Å². The Hall–Kier alpha value is -2.53. The lowest BCUT2D eigenvalue weighted by atomic mass is 10.0. The first-order chi connectivity index (χ1) is 11.0. The highest BCUT2D eigenvalue weighted by molar-refractivity contribution is 5.71. The minimum Gasteiger partial charge on any atom is -0.508 e. The van der Waals surface area contributed by atoms with Crippen LogP contribution in [0, 0.1) is 0 Å². The van der Waals surface area contributed by atoms with Gasteiger partial charge < -0.3 is 20.6 Å². The van der Waals surface area contributed by atoms with Crippen LogP contribution < -0.4 is 5.32 Å². The largest absolute Gasteiger partial charge is 0.508 e. The van der Waals surface area contributed by atoms with Crippen LogP contribution in [0.2, 0.25) is 0 Å². The predicted molar refractivity (Wildman–Crippen MR) is 87.6 cm³/mol. The number of carbonyl (C=O) groups is 1. The van der Waals surface area contributed by atoms with Crippen LogP contribution >= 0.6 is 0 Å². The molecule has 0 aliphatic rings. The van der Waals surface area contributed by atoms with Crippen molar-refractivity contribution in [3.05, 3.63) is 59.2 Å². The minimum absolute atomic E-state index is 0.00553. The van der Waals surface area contributed by atoms with Crippen molar-refractivity contribution in [1.82, 2.24) is 5.32 Å². The second kappa shape index (κ2) is 7.65. The van der Waals surface area contributed by atoms with Crippen LogP contribution in [0.1, 0.15) is 23.6 Å². The van der Waals surface area contributed by atoms with E-state index in [0.717, 1.165) is 11.1 Å². The molecule has 4 N–H and O–H groups in total. The van der Waals surface area contributed by atoms with Crippen molar-refractivity contribution in [2.75, 3.05) is 0 Å². The Labute approximate surface area is 135 Å². The Bertz CT molecular complexity index is 684. The number of nitrogens with one attached hydrogen (secondary N) is 1. The van der Waals surface area contributed by atoms with Gasteiger partial charge in [-0.25, -0.2) is 0 Å². The van der Waals surface area contributed by atoms with E-state index in [1.54, 1.807) is 24.3 Å². The summed E-state index contributed by atoms with van der Waals surface area (Å²) in [6.07, 6.45) is 0.500. The van der Waals surface area contributed by atoms with Crippen LogP contribution in [-0.4, -0.2) is 27.3 Å². The number of hydrogen-bond acceptors (Lipinski definition) is 4. The zero-order valence-corrected chi connectivity index (χ0v) is 13.0. The van der Waals surface area contributed by atoms with E-state index in [-0.39, 0.29) is 24.0 Å². The normalized spacial score (nSPS) is 12.0. The van der Waals surface area contributed by atoms with Crippen LogP contribution in [0.4, 0.5) is 0 Å². The molecule has 0 aromatic heterocycles. The molecule has 0 aliphatic carbocycles. The molecule has 0 amide bonds. The van der Waals surface area contributed by atoms with Crippen LogP contribution in [0.3, 0.4) is 0 Å². The fourth-order valence-electron chi connectivity index (χ4n) is 2.44. The Morgan fingerprint density at radius 2 is 1.78 bits per heavy atom. The molecule has 122 valence electrons. The molecule has 2 aromatic carbocycles. The van der Waals surface area contributed by atoms with Crippen molar-refractivity contribution in [3.63, 3.8) is 0 Å². The third kappa shape index (κ3) is 5.00. The highest BCUT2D eigenvalue weighted by atomic mass is 16.4. The number of phenolic OH excluding ortho intramolecular Hbond substituents is 2. The first-order valence-corrected chi connectivity index (χ1v) is 7.48. The molecule has 0 saturated carbocycles. The van der Waals surface area contributed by atoms with E-state index in [2.05, 4.69) is 5.32 Å². The van der Waals surface area contributed by atoms with E-state index in [9.17, 15) is 15.0 Å². The lowest BCUT2D eigenvalue weighted by molar-refractivity contribution is -0.136. The number of carboxylic acids is 1. The Morgan fingerprint density at radius 3 is 2.48 bits per heavy atom. The SMILES string of the molecule is CC(Cc1ccc(O)c(CC(=O)O)c1)NCc1ccccc1O. The molecule has 23 heavy (non-hydrogen) atoms. The molecule has 1 atom stereocenters. The molecular formula is C18H21NO4. The molecule has 0 saturated heterocycles. The molecule has 2 aromatic rings. The summed E-state index contributed by atoms with van der Waals surface area (Å²) in [7, 11) is 0. The first-order valence-electron chi connectivity index (χ1n) is 7.48. The summed E-state index contributed by atoms with van der Waals surface area (Å²) in [6.45, 7) is 2.57. The third-order valence-electron chi connectivity index (χ3n) is 3.66. The van der Waals surface area contributed by atoms with Crippen molar-refractivity contribution in [3.8, 4) is 11.5 Å². The fraction of sp³-hybridized carbons (Fsp3) is 0.278. The molecule has 0 bridgehead atoms. The molecule has 0 heterocycles. The maximum Gasteiger partial charge on any atom is 0.307 e. The summed E-state index contributed by atoms with van der Waals surface area (Å²) in [5.74, 6) is -0.699. The average molecular weight is 315 g/mol. The number of phenols is 2. The maximum absolute atomic E-state index is 10.8. The van der Waals surface area contributed by atoms with E-state index >= 15 is 0 Å². The number of aromatic hydroxyl groups is 2. The molecule has 0 spiro atoms. The number of benzene rings is 2. The Balaban J connectivity index is 1.96. The van der Waals surface area contributed by atoms with Gasteiger partial charge in [0.15, 0.2) is 0 Å². The van der Waals surface area contributed by atoms with Gasteiger partial charge in [0.1, 0.15) is 11.5 Å². The summed E-state index contributed by atoms with van der Waals surface area (Å²) in [4.78, 5) is 10.8. The molecule has 5 nitrogen and oxygen atoms in total. The molecule has 2 rings (SSSR count). The van der Waals surface area contributed by atoms with Crippen LogP contribution in [0.25, 0.3) is 0 Å². The second-order valence-corrected chi connectivity index (χ2v) is 5.65. The van der Waals surface area contributed by atoms with Gasteiger partial charge in [-0.05, 0) is 31.0 Å². The predicted octanol–water partition coefficient (Wildman–Crippen LogP) is 2.45. The minimum atomic E-state index is -0.969. The van der Waals surface area contributed by atoms with Gasteiger partial charge in [0.05, 0.1) is 6.42 Å². The highest BCUT2D eigenvalue weighted by Gasteiger charge is 2.10. The number of aliphatic carboxylic acids is 1. The number of carboxylic acid groups (broad SMARTS) is 1. The van der Waals surface area contributed by atoms with Gasteiger partial charge in [-0.1, -0.05) is 30.3 Å². The second-order valence-electron chi connectivity index (χ2n) is 5.65. The molecule has 0 radical (unpaired) electrons. The summed E-state index contributed by atoms with van der Waals surface area (Å²) in [5.41, 5.74) is 2.20. The molecular weight excluding hydrogens is 294 g/mol. The molecule has 1 unspecified atom stereocenters. The zero-order valence-electron chi connectivity index (χ0n) is 13.0. The molecule has 0 aliphatic heterocycles. The highest BCUT2D eigenvalue weighted by Crippen LogP contribution is 2.20. The summed E-state index contributed by atoms with van der Waals surface area (Å²) < 4.78 is 0. The summed E-state index contributed by atoms with van der Waals surface area (Å²) >= 11 is 0. The first kappa shape index (κ1) is 16.8. The van der Waals surface area contributed by atoms with Crippen LogP contribution in [0.5, 0.6) is 11.5 Å². The van der Waals surface area contributed by atoms with Crippen molar-refractivity contribution in [2.24, 2.45) is 0 Å². The van der Waals surface area contributed by atoms with Gasteiger partial charge in [0.2, 0.25) is 0 Å². The lowest BCUT2D eigenvalue weighted by Crippen LogP contribution is -2.27. The Kier molecular flexibility index (Phi) is 5.60. The van der Waals surface area contributed by atoms with Crippen molar-refractivity contribution in [2.45, 2.75) is 32.4 Å². The number of hydrogen-bond donors (Lipinski definition) is 4. The van der Waals surface area contributed by atoms with Crippen molar-refractivity contribution < 1.29 is 20.1 Å². The van der Waals surface area contributed by atoms with Crippen molar-refractivity contribution in [1.29, 1.82) is 0 Å².